The Bertz CT molecular complexity index is 1040. The van der Waals surface area contributed by atoms with Gasteiger partial charge in [-0.25, -0.2) is 17.6 Å². The molecule has 0 bridgehead atoms. The highest BCUT2D eigenvalue weighted by Gasteiger charge is 2.48. The molecule has 0 unspecified atom stereocenters. The molecule has 4 rings (SSSR count). The maximum absolute atomic E-state index is 14.0. The first-order valence-electron chi connectivity index (χ1n) is 10.1. The molecule has 2 amide bonds. The molecule has 0 spiro atoms. The maximum atomic E-state index is 14.0. The summed E-state index contributed by atoms with van der Waals surface area (Å²) in [6, 6.07) is 7.32. The second-order valence-electron chi connectivity index (χ2n) is 8.36. The van der Waals surface area contributed by atoms with Gasteiger partial charge in [0.05, 0.1) is 6.04 Å². The van der Waals surface area contributed by atoms with Crippen molar-refractivity contribution < 1.29 is 27.2 Å². The average Bonchev–Trinajstić information content (AvgIpc) is 3.45. The van der Waals surface area contributed by atoms with Crippen LogP contribution in [0.3, 0.4) is 0 Å². The molecule has 8 heteroatoms. The van der Waals surface area contributed by atoms with E-state index in [1.807, 2.05) is 0 Å². The van der Waals surface area contributed by atoms with Crippen LogP contribution in [0, 0.1) is 24.5 Å². The summed E-state index contributed by atoms with van der Waals surface area (Å²) in [5.74, 6) is -2.42. The lowest BCUT2D eigenvalue weighted by molar-refractivity contribution is -0.136. The third-order valence-electron chi connectivity index (χ3n) is 6.11. The standard InChI is InChI=1S/C23H22F4N2O2/c1-12-5-13(21(26)27)7-14(6-12)22(30)29-10-16(11-29)28(2)23(31)19-9-18(19)17-4-3-15(24)8-20(17)25/h3-8,16,18-19,21H,9-11H2,1-2H3/t18-,19+/m0/s1. The van der Waals surface area contributed by atoms with E-state index in [0.29, 0.717) is 30.6 Å². The van der Waals surface area contributed by atoms with Gasteiger partial charge in [0, 0.05) is 43.2 Å². The number of carbonyl (C=O) groups excluding carboxylic acids is 2. The van der Waals surface area contributed by atoms with Crippen molar-refractivity contribution in [2.45, 2.75) is 31.7 Å². The van der Waals surface area contributed by atoms with E-state index in [2.05, 4.69) is 0 Å². The van der Waals surface area contributed by atoms with E-state index in [1.165, 1.54) is 29.2 Å². The zero-order valence-corrected chi connectivity index (χ0v) is 17.1. The van der Waals surface area contributed by atoms with Crippen molar-refractivity contribution in [2.24, 2.45) is 5.92 Å². The number of hydrogen-bond donors (Lipinski definition) is 0. The summed E-state index contributed by atoms with van der Waals surface area (Å²) in [7, 11) is 1.65. The Morgan fingerprint density at radius 2 is 1.81 bits per heavy atom. The molecular weight excluding hydrogens is 412 g/mol. The lowest BCUT2D eigenvalue weighted by Gasteiger charge is -2.44. The number of benzene rings is 2. The van der Waals surface area contributed by atoms with Gasteiger partial charge in [0.15, 0.2) is 0 Å². The molecule has 2 atom stereocenters. The molecule has 1 aliphatic carbocycles. The quantitative estimate of drug-likeness (QED) is 0.659. The van der Waals surface area contributed by atoms with Gasteiger partial charge >= 0.3 is 0 Å². The number of aryl methyl sites for hydroxylation is 1. The van der Waals surface area contributed by atoms with Crippen LogP contribution in [0.4, 0.5) is 17.6 Å². The molecule has 1 saturated heterocycles. The predicted molar refractivity (Wildman–Crippen MR) is 106 cm³/mol. The summed E-state index contributed by atoms with van der Waals surface area (Å²) < 4.78 is 53.1. The largest absolute Gasteiger partial charge is 0.339 e. The van der Waals surface area contributed by atoms with E-state index < -0.39 is 18.1 Å². The Morgan fingerprint density at radius 3 is 2.45 bits per heavy atom. The van der Waals surface area contributed by atoms with Crippen molar-refractivity contribution in [3.05, 3.63) is 70.3 Å². The van der Waals surface area contributed by atoms with Gasteiger partial charge in [0.25, 0.3) is 12.3 Å². The molecule has 2 aromatic rings. The minimum absolute atomic E-state index is 0.138. The van der Waals surface area contributed by atoms with Crippen molar-refractivity contribution in [3.63, 3.8) is 0 Å². The van der Waals surface area contributed by atoms with E-state index in [9.17, 15) is 27.2 Å². The average molecular weight is 434 g/mol. The highest BCUT2D eigenvalue weighted by atomic mass is 19.3. The molecule has 2 aromatic carbocycles. The normalized spacial score (nSPS) is 20.5. The van der Waals surface area contributed by atoms with Crippen LogP contribution < -0.4 is 0 Å². The molecular formula is C23H22F4N2O2. The molecule has 2 aliphatic rings. The van der Waals surface area contributed by atoms with Crippen molar-refractivity contribution in [3.8, 4) is 0 Å². The number of alkyl halides is 2. The SMILES string of the molecule is Cc1cc(C(=O)N2CC(N(C)C(=O)[C@@H]3C[C@H]3c3ccc(F)cc3F)C2)cc(C(F)F)c1. The first-order valence-corrected chi connectivity index (χ1v) is 10.1. The number of nitrogens with zero attached hydrogens (tertiary/aromatic N) is 2. The van der Waals surface area contributed by atoms with Crippen molar-refractivity contribution in [1.29, 1.82) is 0 Å². The zero-order chi connectivity index (χ0) is 22.4. The Morgan fingerprint density at radius 1 is 1.10 bits per heavy atom. The highest BCUT2D eigenvalue weighted by molar-refractivity contribution is 5.95. The molecule has 0 radical (unpaired) electrons. The van der Waals surface area contributed by atoms with Gasteiger partial charge in [-0.15, -0.1) is 0 Å². The van der Waals surface area contributed by atoms with Gasteiger partial charge in [0.2, 0.25) is 5.91 Å². The lowest BCUT2D eigenvalue weighted by atomic mass is 10.0. The number of rotatable bonds is 5. The lowest BCUT2D eigenvalue weighted by Crippen LogP contribution is -2.61. The molecule has 0 N–H and O–H groups in total. The van der Waals surface area contributed by atoms with Crippen LogP contribution in [0.5, 0.6) is 0 Å². The van der Waals surface area contributed by atoms with E-state index >= 15 is 0 Å². The summed E-state index contributed by atoms with van der Waals surface area (Å²) >= 11 is 0. The number of halogens is 4. The van der Waals surface area contributed by atoms with Gasteiger partial charge < -0.3 is 9.80 Å². The third-order valence-corrected chi connectivity index (χ3v) is 6.11. The molecule has 1 heterocycles. The summed E-state index contributed by atoms with van der Waals surface area (Å²) in [5.41, 5.74) is 0.934. The Balaban J connectivity index is 1.35. The summed E-state index contributed by atoms with van der Waals surface area (Å²) in [4.78, 5) is 28.5. The van der Waals surface area contributed by atoms with Gasteiger partial charge in [0.1, 0.15) is 11.6 Å². The number of carbonyl (C=O) groups is 2. The summed E-state index contributed by atoms with van der Waals surface area (Å²) in [6.45, 7) is 2.27. The fraction of sp³-hybridized carbons (Fsp3) is 0.391. The molecule has 31 heavy (non-hydrogen) atoms. The van der Waals surface area contributed by atoms with E-state index in [-0.39, 0.29) is 40.8 Å². The van der Waals surface area contributed by atoms with Crippen LogP contribution in [0.25, 0.3) is 0 Å². The number of likely N-dealkylation sites (N-methyl/N-ethyl adjacent to an activating group) is 1. The molecule has 2 fully saturated rings. The smallest absolute Gasteiger partial charge is 0.263 e. The monoisotopic (exact) mass is 434 g/mol. The van der Waals surface area contributed by atoms with Crippen LogP contribution in [0.2, 0.25) is 0 Å². The summed E-state index contributed by atoms with van der Waals surface area (Å²) in [6.07, 6.45) is -2.15. The Kier molecular flexibility index (Phi) is 5.49. The molecule has 1 aliphatic heterocycles. The van der Waals surface area contributed by atoms with Crippen molar-refractivity contribution in [2.75, 3.05) is 20.1 Å². The Labute approximate surface area is 177 Å². The minimum Gasteiger partial charge on any atom is -0.339 e. The molecule has 1 saturated carbocycles. The topological polar surface area (TPSA) is 40.6 Å². The maximum Gasteiger partial charge on any atom is 0.263 e. The van der Waals surface area contributed by atoms with Crippen LogP contribution in [0.15, 0.2) is 36.4 Å². The second kappa shape index (κ2) is 7.98. The number of amides is 2. The van der Waals surface area contributed by atoms with Crippen LogP contribution in [-0.2, 0) is 4.79 Å². The van der Waals surface area contributed by atoms with Crippen LogP contribution in [-0.4, -0.2) is 47.8 Å². The van der Waals surface area contributed by atoms with E-state index in [1.54, 1.807) is 24.9 Å². The first kappa shape index (κ1) is 21.3. The van der Waals surface area contributed by atoms with Gasteiger partial charge in [-0.2, -0.15) is 0 Å². The minimum atomic E-state index is -2.66. The van der Waals surface area contributed by atoms with E-state index in [4.69, 9.17) is 0 Å². The van der Waals surface area contributed by atoms with E-state index in [0.717, 1.165) is 6.07 Å². The molecule has 164 valence electrons. The predicted octanol–water partition coefficient (Wildman–Crippen LogP) is 4.30. The second-order valence-corrected chi connectivity index (χ2v) is 8.36. The van der Waals surface area contributed by atoms with Crippen molar-refractivity contribution >= 4 is 11.8 Å². The highest BCUT2D eigenvalue weighted by Crippen LogP contribution is 2.49. The molecule has 0 aromatic heterocycles. The fourth-order valence-corrected chi connectivity index (χ4v) is 4.17. The van der Waals surface area contributed by atoms with Crippen LogP contribution in [0.1, 0.15) is 45.8 Å². The molecule has 4 nitrogen and oxygen atoms in total. The van der Waals surface area contributed by atoms with Gasteiger partial charge in [-0.05, 0) is 48.6 Å². The first-order chi connectivity index (χ1) is 14.7. The summed E-state index contributed by atoms with van der Waals surface area (Å²) in [5, 5.41) is 0. The van der Waals surface area contributed by atoms with Gasteiger partial charge in [-0.3, -0.25) is 9.59 Å². The van der Waals surface area contributed by atoms with Crippen molar-refractivity contribution in [1.82, 2.24) is 9.80 Å². The number of likely N-dealkylation sites (tertiary alicyclic amines) is 1. The fourth-order valence-electron chi connectivity index (χ4n) is 4.17. The zero-order valence-electron chi connectivity index (χ0n) is 17.1. The number of hydrogen-bond acceptors (Lipinski definition) is 2. The third kappa shape index (κ3) is 4.16. The van der Waals surface area contributed by atoms with Gasteiger partial charge in [-0.1, -0.05) is 12.1 Å². The van der Waals surface area contributed by atoms with Crippen LogP contribution >= 0.6 is 0 Å². The Hall–Kier alpha value is -2.90.